The Morgan fingerprint density at radius 3 is 2.72 bits per heavy atom. The molecule has 2 aromatic heterocycles. The molecule has 2 N–H and O–H groups in total. The quantitative estimate of drug-likeness (QED) is 0.871. The van der Waals surface area contributed by atoms with Crippen LogP contribution in [0.5, 0.6) is 0 Å². The molecule has 0 aromatic carbocycles. The summed E-state index contributed by atoms with van der Waals surface area (Å²) in [7, 11) is 2.95. The molecule has 2 heterocycles. The van der Waals surface area contributed by atoms with E-state index in [1.54, 1.807) is 0 Å². The van der Waals surface area contributed by atoms with Crippen molar-refractivity contribution in [3.63, 3.8) is 0 Å². The van der Waals surface area contributed by atoms with E-state index in [2.05, 4.69) is 20.5 Å². The predicted octanol–water partition coefficient (Wildman–Crippen LogP) is 0.974. The van der Waals surface area contributed by atoms with Crippen LogP contribution in [0, 0.1) is 11.6 Å². The number of rotatable bonds is 3. The number of hydrogen-bond acceptors (Lipinski definition) is 5. The lowest BCUT2D eigenvalue weighted by Gasteiger charge is -2.05. The molecule has 0 amide bonds. The van der Waals surface area contributed by atoms with Crippen molar-refractivity contribution in [1.29, 1.82) is 0 Å². The van der Waals surface area contributed by atoms with Crippen LogP contribution in [0.2, 0.25) is 0 Å². The minimum absolute atomic E-state index is 0.0668. The molecule has 96 valence electrons. The molecule has 0 fully saturated rings. The van der Waals surface area contributed by atoms with Crippen LogP contribution in [0.15, 0.2) is 21.0 Å². The molecule has 0 aliphatic heterocycles. The number of H-pyrrole nitrogens is 1. The predicted molar refractivity (Wildman–Crippen MR) is 61.7 cm³/mol. The van der Waals surface area contributed by atoms with E-state index < -0.39 is 17.3 Å². The van der Waals surface area contributed by atoms with Crippen molar-refractivity contribution >= 4 is 17.6 Å². The largest absolute Gasteiger partial charge is 0.371 e. The Labute approximate surface area is 104 Å². The first-order valence-corrected chi connectivity index (χ1v) is 5.67. The van der Waals surface area contributed by atoms with E-state index in [4.69, 9.17) is 0 Å². The van der Waals surface area contributed by atoms with Crippen LogP contribution in [0.4, 0.5) is 14.6 Å². The summed E-state index contributed by atoms with van der Waals surface area (Å²) in [5.41, 5.74) is -0.422. The highest BCUT2D eigenvalue weighted by atomic mass is 32.2. The van der Waals surface area contributed by atoms with Gasteiger partial charge < -0.3 is 5.32 Å². The number of nitrogens with zero attached hydrogens (tertiary/aromatic N) is 3. The van der Waals surface area contributed by atoms with Crippen LogP contribution in [-0.2, 0) is 7.05 Å². The molecule has 9 heteroatoms. The van der Waals surface area contributed by atoms with Gasteiger partial charge in [-0.05, 0) is 11.8 Å². The molecule has 0 bridgehead atoms. The molecule has 2 rings (SSSR count). The highest BCUT2D eigenvalue weighted by Crippen LogP contribution is 2.27. The summed E-state index contributed by atoms with van der Waals surface area (Å²) in [6.07, 6.45) is 0. The standard InChI is InChI=1S/C9H9F2N5OS/c1-12-6-4(10)3-5(11)7(13-6)18-9-15-14-8(17)16(9)2/h3H,1-2H3,(H,12,13)(H,14,17). The molecule has 0 atom stereocenters. The van der Waals surface area contributed by atoms with Crippen molar-refractivity contribution in [1.82, 2.24) is 19.7 Å². The van der Waals surface area contributed by atoms with Crippen LogP contribution in [-0.4, -0.2) is 26.8 Å². The van der Waals surface area contributed by atoms with Crippen LogP contribution >= 0.6 is 11.8 Å². The molecule has 2 aromatic rings. The first kappa shape index (κ1) is 12.6. The molecule has 0 aliphatic rings. The molecular formula is C9H9F2N5OS. The smallest absolute Gasteiger partial charge is 0.343 e. The van der Waals surface area contributed by atoms with E-state index in [-0.39, 0.29) is 16.0 Å². The second-order valence-corrected chi connectivity index (χ2v) is 4.28. The van der Waals surface area contributed by atoms with Crippen molar-refractivity contribution in [2.24, 2.45) is 7.05 Å². The van der Waals surface area contributed by atoms with Crippen LogP contribution in [0.25, 0.3) is 0 Å². The molecule has 0 radical (unpaired) electrons. The van der Waals surface area contributed by atoms with Gasteiger partial charge in [0.25, 0.3) is 0 Å². The monoisotopic (exact) mass is 273 g/mol. The van der Waals surface area contributed by atoms with E-state index >= 15 is 0 Å². The fourth-order valence-corrected chi connectivity index (χ4v) is 1.98. The molecule has 0 spiro atoms. The van der Waals surface area contributed by atoms with Gasteiger partial charge in [0.2, 0.25) is 0 Å². The van der Waals surface area contributed by atoms with E-state index in [0.29, 0.717) is 0 Å². The van der Waals surface area contributed by atoms with Gasteiger partial charge in [0.1, 0.15) is 5.03 Å². The maximum absolute atomic E-state index is 13.5. The third kappa shape index (κ3) is 2.21. The number of aromatic amines is 1. The third-order valence-corrected chi connectivity index (χ3v) is 3.19. The van der Waals surface area contributed by atoms with Crippen molar-refractivity contribution in [3.05, 3.63) is 28.2 Å². The van der Waals surface area contributed by atoms with Gasteiger partial charge in [-0.3, -0.25) is 4.57 Å². The lowest BCUT2D eigenvalue weighted by molar-refractivity contribution is 0.551. The summed E-state index contributed by atoms with van der Waals surface area (Å²) in [6, 6.07) is 0.728. The van der Waals surface area contributed by atoms with Crippen LogP contribution in [0.3, 0.4) is 0 Å². The van der Waals surface area contributed by atoms with E-state index in [9.17, 15) is 13.6 Å². The Kier molecular flexibility index (Phi) is 3.32. The number of aromatic nitrogens is 4. The zero-order valence-corrected chi connectivity index (χ0v) is 10.3. The highest BCUT2D eigenvalue weighted by Gasteiger charge is 2.15. The zero-order valence-electron chi connectivity index (χ0n) is 9.49. The van der Waals surface area contributed by atoms with Gasteiger partial charge in [-0.2, -0.15) is 0 Å². The second kappa shape index (κ2) is 4.77. The van der Waals surface area contributed by atoms with Crippen LogP contribution in [0.1, 0.15) is 0 Å². The molecular weight excluding hydrogens is 264 g/mol. The van der Waals surface area contributed by atoms with E-state index in [1.807, 2.05) is 0 Å². The summed E-state index contributed by atoms with van der Waals surface area (Å²) in [5.74, 6) is -1.67. The highest BCUT2D eigenvalue weighted by molar-refractivity contribution is 7.99. The Bertz CT molecular complexity index is 638. The summed E-state index contributed by atoms with van der Waals surface area (Å²) >= 11 is 0.828. The number of hydrogen-bond donors (Lipinski definition) is 2. The van der Waals surface area contributed by atoms with E-state index in [0.717, 1.165) is 17.8 Å². The van der Waals surface area contributed by atoms with Crippen molar-refractivity contribution in [2.75, 3.05) is 12.4 Å². The minimum atomic E-state index is -0.813. The Morgan fingerprint density at radius 2 is 2.17 bits per heavy atom. The Balaban J connectivity index is 2.40. The number of nitrogens with one attached hydrogen (secondary N) is 2. The van der Waals surface area contributed by atoms with Gasteiger partial charge in [-0.15, -0.1) is 5.10 Å². The van der Waals surface area contributed by atoms with Crippen LogP contribution < -0.4 is 11.0 Å². The summed E-state index contributed by atoms with van der Waals surface area (Å²) in [4.78, 5) is 14.9. The van der Waals surface area contributed by atoms with Crippen molar-refractivity contribution < 1.29 is 8.78 Å². The Hall–Kier alpha value is -1.90. The zero-order chi connectivity index (χ0) is 13.3. The normalized spacial score (nSPS) is 10.7. The topological polar surface area (TPSA) is 75.6 Å². The fourth-order valence-electron chi connectivity index (χ4n) is 1.21. The molecule has 18 heavy (non-hydrogen) atoms. The average molecular weight is 273 g/mol. The number of halogens is 2. The van der Waals surface area contributed by atoms with Crippen molar-refractivity contribution in [2.45, 2.75) is 10.2 Å². The first-order valence-electron chi connectivity index (χ1n) is 4.86. The molecule has 0 saturated heterocycles. The number of pyridine rings is 1. The lowest BCUT2D eigenvalue weighted by atomic mass is 10.4. The minimum Gasteiger partial charge on any atom is -0.371 e. The SMILES string of the molecule is CNc1nc(Sc2n[nH]c(=O)n2C)c(F)cc1F. The second-order valence-electron chi connectivity index (χ2n) is 3.33. The number of anilines is 1. The molecule has 0 aliphatic carbocycles. The summed E-state index contributed by atoms with van der Waals surface area (Å²) in [5, 5.41) is 8.59. The van der Waals surface area contributed by atoms with Gasteiger partial charge in [-0.1, -0.05) is 0 Å². The third-order valence-electron chi connectivity index (χ3n) is 2.16. The van der Waals surface area contributed by atoms with E-state index in [1.165, 1.54) is 18.7 Å². The maximum atomic E-state index is 13.5. The fraction of sp³-hybridized carbons (Fsp3) is 0.222. The van der Waals surface area contributed by atoms with Gasteiger partial charge in [0.05, 0.1) is 0 Å². The Morgan fingerprint density at radius 1 is 1.44 bits per heavy atom. The lowest BCUT2D eigenvalue weighted by Crippen LogP contribution is -2.13. The molecule has 0 saturated carbocycles. The maximum Gasteiger partial charge on any atom is 0.343 e. The van der Waals surface area contributed by atoms with Gasteiger partial charge in [0, 0.05) is 20.2 Å². The van der Waals surface area contributed by atoms with Gasteiger partial charge >= 0.3 is 5.69 Å². The molecule has 0 unspecified atom stereocenters. The van der Waals surface area contributed by atoms with Crippen molar-refractivity contribution in [3.8, 4) is 0 Å². The first-order chi connectivity index (χ1) is 8.52. The summed E-state index contributed by atoms with van der Waals surface area (Å²) in [6.45, 7) is 0. The van der Waals surface area contributed by atoms with Gasteiger partial charge in [-0.25, -0.2) is 23.7 Å². The van der Waals surface area contributed by atoms with Gasteiger partial charge in [0.15, 0.2) is 22.6 Å². The summed E-state index contributed by atoms with van der Waals surface area (Å²) < 4.78 is 27.9. The average Bonchev–Trinajstić information content (AvgIpc) is 2.64. The molecule has 6 nitrogen and oxygen atoms in total.